The Bertz CT molecular complexity index is 526. The molecule has 1 rings (SSSR count). The van der Waals surface area contributed by atoms with E-state index in [1.807, 2.05) is 45.9 Å². The van der Waals surface area contributed by atoms with Gasteiger partial charge in [0.2, 0.25) is 0 Å². The Balaban J connectivity index is 0. The van der Waals surface area contributed by atoms with Gasteiger partial charge in [-0.2, -0.15) is 0 Å². The minimum atomic E-state index is -2.31. The number of hydrogen-bond donors (Lipinski definition) is 0. The van der Waals surface area contributed by atoms with Gasteiger partial charge in [0.15, 0.2) is 0 Å². The van der Waals surface area contributed by atoms with Crippen molar-refractivity contribution in [3.05, 3.63) is 30.3 Å². The van der Waals surface area contributed by atoms with E-state index in [2.05, 4.69) is 12.1 Å². The van der Waals surface area contributed by atoms with Crippen LogP contribution in [0.1, 0.15) is 53.4 Å². The normalized spacial score (nSPS) is 11.1. The maximum absolute atomic E-state index is 5.20. The fraction of sp³-hybridized carbons (Fsp3) is 0.667. The summed E-state index contributed by atoms with van der Waals surface area (Å²) in [5.74, 6) is 0. The summed E-state index contributed by atoms with van der Waals surface area (Å²) in [6.45, 7) is 10.5. The summed E-state index contributed by atoms with van der Waals surface area (Å²) in [4.78, 5) is 0. The monoisotopic (exact) mass is 624 g/mol. The molecule has 29 heavy (non-hydrogen) atoms. The molecule has 0 saturated carbocycles. The van der Waals surface area contributed by atoms with Crippen molar-refractivity contribution in [3.8, 4) is 0 Å². The van der Waals surface area contributed by atoms with Gasteiger partial charge in [-0.15, -0.1) is 0 Å². The van der Waals surface area contributed by atoms with Gasteiger partial charge in [-0.1, -0.05) is 51.3 Å². The third-order valence-electron chi connectivity index (χ3n) is 2.57. The molecule has 0 aliphatic heterocycles. The number of benzene rings is 1. The van der Waals surface area contributed by atoms with Gasteiger partial charge < -0.3 is 42.6 Å². The summed E-state index contributed by atoms with van der Waals surface area (Å²) in [6, 6.07) is 10.3. The van der Waals surface area contributed by atoms with Gasteiger partial charge in [-0.3, -0.25) is 0 Å². The van der Waals surface area contributed by atoms with Gasteiger partial charge in [0, 0.05) is 0 Å². The van der Waals surface area contributed by atoms with Crippen LogP contribution in [0.5, 0.6) is 0 Å². The van der Waals surface area contributed by atoms with Crippen molar-refractivity contribution in [3.63, 3.8) is 0 Å². The van der Waals surface area contributed by atoms with E-state index in [9.17, 15) is 0 Å². The van der Waals surface area contributed by atoms with E-state index in [0.29, 0.717) is 26.4 Å². The van der Waals surface area contributed by atoms with Gasteiger partial charge in [0.05, 0.1) is 37.8 Å². The molecule has 170 valence electrons. The van der Waals surface area contributed by atoms with E-state index >= 15 is 0 Å². The number of hydrogen-bond acceptors (Lipinski definition) is 8. The van der Waals surface area contributed by atoms with Gasteiger partial charge in [0.1, 0.15) is 0 Å². The maximum atomic E-state index is 5.20. The van der Waals surface area contributed by atoms with Crippen LogP contribution in [-0.4, -0.2) is 49.4 Å². The van der Waals surface area contributed by atoms with E-state index in [0.717, 1.165) is 25.7 Å². The molecular formula is C18H33O4P2S4Sb-2. The first-order valence-electron chi connectivity index (χ1n) is 9.58. The van der Waals surface area contributed by atoms with Crippen LogP contribution in [0.3, 0.4) is 0 Å². The van der Waals surface area contributed by atoms with Crippen molar-refractivity contribution in [2.45, 2.75) is 53.4 Å². The Kier molecular flexibility index (Phi) is 24.7. The molecule has 0 aromatic heterocycles. The average Bonchev–Trinajstić information content (AvgIpc) is 2.69. The third kappa shape index (κ3) is 26.0. The van der Waals surface area contributed by atoms with Crippen molar-refractivity contribution in [1.29, 1.82) is 0 Å². The predicted molar refractivity (Wildman–Crippen MR) is 140 cm³/mol. The molecule has 0 spiro atoms. The molecule has 0 saturated heterocycles. The number of rotatable bonds is 12. The van der Waals surface area contributed by atoms with E-state index in [1.54, 1.807) is 23.0 Å². The van der Waals surface area contributed by atoms with Crippen LogP contribution in [0.15, 0.2) is 30.3 Å². The van der Waals surface area contributed by atoms with Crippen LogP contribution in [0, 0.1) is 0 Å². The third-order valence-corrected chi connectivity index (χ3v) is 7.95. The molecule has 0 amide bonds. The standard InChI is InChI=1S/2C6H15O2PS2.C6H5.Sb/c2*1-3-5-7-9(10,11)8-6-4-2;1-2-4-6-5-3-1;/h2*3-6H2,1-2H3,(H,10,11);1-5H;/p-2. The molecule has 0 atom stereocenters. The van der Waals surface area contributed by atoms with Crippen LogP contribution in [0.2, 0.25) is 0 Å². The van der Waals surface area contributed by atoms with E-state index in [-0.39, 0.29) is 0 Å². The molecule has 1 aromatic rings. The summed E-state index contributed by atoms with van der Waals surface area (Å²) in [5.41, 5.74) is -4.62. The molecule has 0 N–H and O–H groups in total. The second-order valence-electron chi connectivity index (χ2n) is 5.56. The molecular weight excluding hydrogens is 592 g/mol. The van der Waals surface area contributed by atoms with Crippen LogP contribution in [0.4, 0.5) is 0 Å². The zero-order valence-electron chi connectivity index (χ0n) is 17.7. The second kappa shape index (κ2) is 21.7. The zero-order valence-corrected chi connectivity index (χ0v) is 25.3. The molecule has 1 aromatic carbocycles. The summed E-state index contributed by atoms with van der Waals surface area (Å²) in [5, 5.41) is 0. The van der Waals surface area contributed by atoms with Crippen molar-refractivity contribution in [2.75, 3.05) is 26.4 Å². The van der Waals surface area contributed by atoms with Crippen LogP contribution in [-0.2, 0) is 66.2 Å². The van der Waals surface area contributed by atoms with Gasteiger partial charge >= 0.3 is 56.9 Å². The first-order valence-corrected chi connectivity index (χ1v) is 18.2. The quantitative estimate of drug-likeness (QED) is 0.167. The Labute approximate surface area is 212 Å². The molecule has 0 aliphatic rings. The van der Waals surface area contributed by atoms with E-state index < -0.39 is 11.4 Å². The summed E-state index contributed by atoms with van der Waals surface area (Å²) >= 11 is 21.6. The summed E-state index contributed by atoms with van der Waals surface area (Å²) < 4.78 is 22.2. The Morgan fingerprint density at radius 1 is 0.690 bits per heavy atom. The van der Waals surface area contributed by atoms with Crippen molar-refractivity contribution in [1.82, 2.24) is 0 Å². The molecule has 4 nitrogen and oxygen atoms in total. The van der Waals surface area contributed by atoms with E-state index in [4.69, 9.17) is 66.2 Å². The van der Waals surface area contributed by atoms with Gasteiger partial charge in [-0.25, -0.2) is 0 Å². The minimum absolute atomic E-state index is 0.616. The predicted octanol–water partition coefficient (Wildman–Crippen LogP) is 5.70. The SMILES string of the molecule is CCCOP(=S)([S-])OCCC.CCCOP(=S)([S-])OCCC.[Sb][c]1ccccc1. The molecule has 0 unspecified atom stereocenters. The molecule has 11 heteroatoms. The summed E-state index contributed by atoms with van der Waals surface area (Å²) in [7, 11) is 0. The van der Waals surface area contributed by atoms with Crippen molar-refractivity contribution < 1.29 is 18.1 Å². The molecule has 0 fully saturated rings. The first kappa shape index (κ1) is 33.1. The Morgan fingerprint density at radius 3 is 1.14 bits per heavy atom. The summed E-state index contributed by atoms with van der Waals surface area (Å²) in [6.07, 6.45) is 3.74. The Hall–Kier alpha value is 1.88. The molecule has 2 radical (unpaired) electrons. The van der Waals surface area contributed by atoms with Crippen LogP contribution < -0.4 is 3.51 Å². The first-order chi connectivity index (χ1) is 13.6. The average molecular weight is 625 g/mol. The zero-order chi connectivity index (χ0) is 22.6. The Morgan fingerprint density at radius 2 is 0.966 bits per heavy atom. The fourth-order valence-electron chi connectivity index (χ4n) is 1.31. The molecule has 0 heterocycles. The molecule has 0 aliphatic carbocycles. The van der Waals surface area contributed by atoms with E-state index in [1.165, 1.54) is 3.51 Å². The van der Waals surface area contributed by atoms with Gasteiger partial charge in [-0.05, 0) is 25.7 Å². The van der Waals surface area contributed by atoms with Gasteiger partial charge in [0.25, 0.3) is 0 Å². The molecule has 0 bridgehead atoms. The fourth-order valence-corrected chi connectivity index (χ4v) is 5.37. The topological polar surface area (TPSA) is 36.9 Å². The van der Waals surface area contributed by atoms with Crippen LogP contribution in [0.25, 0.3) is 0 Å². The van der Waals surface area contributed by atoms with Crippen LogP contribution >= 0.6 is 11.4 Å². The van der Waals surface area contributed by atoms with Crippen molar-refractivity contribution in [2.24, 2.45) is 0 Å². The van der Waals surface area contributed by atoms with Crippen molar-refractivity contribution >= 4 is 86.0 Å². The second-order valence-corrected chi connectivity index (χ2v) is 17.0.